The Morgan fingerprint density at radius 1 is 1.82 bits per heavy atom. The van der Waals surface area contributed by atoms with Crippen molar-refractivity contribution in [1.29, 1.82) is 0 Å². The predicted octanol–water partition coefficient (Wildman–Crippen LogP) is -0.923. The molecule has 6 nitrogen and oxygen atoms in total. The molecule has 1 aromatic heterocycles. The number of primary amides is 1. The Balaban J connectivity index is 2.95. The van der Waals surface area contributed by atoms with Crippen LogP contribution in [-0.2, 0) is 4.79 Å². The Morgan fingerprint density at radius 3 is 3.09 bits per heavy atom. The molecular weight excluding hydrogens is 148 g/mol. The molecule has 6 heteroatoms. The minimum atomic E-state index is -0.660. The summed E-state index contributed by atoms with van der Waals surface area (Å²) < 4.78 is 0. The highest BCUT2D eigenvalue weighted by molar-refractivity contribution is 5.97. The Kier molecular flexibility index (Phi) is 1.86. The highest BCUT2D eigenvalue weighted by Crippen LogP contribution is 2.05. The number of H-pyrrole nitrogens is 1. The van der Waals surface area contributed by atoms with E-state index < -0.39 is 5.91 Å². The van der Waals surface area contributed by atoms with Crippen molar-refractivity contribution >= 4 is 18.1 Å². The van der Waals surface area contributed by atoms with Crippen LogP contribution in [0.1, 0.15) is 10.5 Å². The fourth-order valence-corrected chi connectivity index (χ4v) is 0.647. The number of amides is 2. The Morgan fingerprint density at radius 2 is 2.55 bits per heavy atom. The SMILES string of the molecule is NC(=O)c1[nH]cnc1NC=O. The first kappa shape index (κ1) is 7.26. The standard InChI is InChI=1S/C5H6N4O2/c6-4(11)3-5(9-2-10)8-1-7-3/h1-2H,(H2,6,11)(H,7,8)(H,9,10). The average Bonchev–Trinajstić information content (AvgIpc) is 2.36. The van der Waals surface area contributed by atoms with E-state index in [9.17, 15) is 9.59 Å². The third kappa shape index (κ3) is 1.34. The van der Waals surface area contributed by atoms with Gasteiger partial charge in [0.05, 0.1) is 6.33 Å². The van der Waals surface area contributed by atoms with Gasteiger partial charge in [-0.3, -0.25) is 9.59 Å². The predicted molar refractivity (Wildman–Crippen MR) is 36.8 cm³/mol. The summed E-state index contributed by atoms with van der Waals surface area (Å²) in [6.45, 7) is 0. The quantitative estimate of drug-likeness (QED) is 0.490. The Bertz CT molecular complexity index is 280. The lowest BCUT2D eigenvalue weighted by molar-refractivity contribution is -0.105. The minimum Gasteiger partial charge on any atom is -0.364 e. The summed E-state index contributed by atoms with van der Waals surface area (Å²) in [4.78, 5) is 26.6. The number of carbonyl (C=O) groups is 2. The largest absolute Gasteiger partial charge is 0.364 e. The summed E-state index contributed by atoms with van der Waals surface area (Å²) in [6, 6.07) is 0. The maximum absolute atomic E-state index is 10.6. The fourth-order valence-electron chi connectivity index (χ4n) is 0.647. The molecule has 2 amide bonds. The highest BCUT2D eigenvalue weighted by atomic mass is 16.1. The molecule has 58 valence electrons. The van der Waals surface area contributed by atoms with Crippen LogP contribution in [0, 0.1) is 0 Å². The molecular formula is C5H6N4O2. The molecule has 0 aliphatic heterocycles. The van der Waals surface area contributed by atoms with Gasteiger partial charge in [-0.25, -0.2) is 4.98 Å². The van der Waals surface area contributed by atoms with Gasteiger partial charge in [-0.1, -0.05) is 0 Å². The molecule has 0 fully saturated rings. The number of nitrogens with zero attached hydrogens (tertiary/aromatic N) is 1. The molecule has 0 aliphatic rings. The van der Waals surface area contributed by atoms with Crippen molar-refractivity contribution in [2.24, 2.45) is 5.73 Å². The lowest BCUT2D eigenvalue weighted by atomic mass is 10.4. The van der Waals surface area contributed by atoms with E-state index in [2.05, 4.69) is 15.3 Å². The lowest BCUT2D eigenvalue weighted by Crippen LogP contribution is -2.14. The van der Waals surface area contributed by atoms with Crippen molar-refractivity contribution < 1.29 is 9.59 Å². The molecule has 0 radical (unpaired) electrons. The van der Waals surface area contributed by atoms with Crippen LogP contribution in [0.25, 0.3) is 0 Å². The van der Waals surface area contributed by atoms with E-state index in [4.69, 9.17) is 5.73 Å². The average molecular weight is 154 g/mol. The highest BCUT2D eigenvalue weighted by Gasteiger charge is 2.08. The molecule has 0 bridgehead atoms. The molecule has 0 unspecified atom stereocenters. The van der Waals surface area contributed by atoms with E-state index in [0.717, 1.165) is 0 Å². The maximum Gasteiger partial charge on any atom is 0.269 e. The van der Waals surface area contributed by atoms with Gasteiger partial charge in [0.1, 0.15) is 5.69 Å². The van der Waals surface area contributed by atoms with E-state index in [1.165, 1.54) is 6.33 Å². The van der Waals surface area contributed by atoms with Gasteiger partial charge in [0.15, 0.2) is 5.82 Å². The summed E-state index contributed by atoms with van der Waals surface area (Å²) in [5.74, 6) is -0.514. The smallest absolute Gasteiger partial charge is 0.269 e. The first-order valence-electron chi connectivity index (χ1n) is 2.79. The lowest BCUT2D eigenvalue weighted by Gasteiger charge is -1.93. The van der Waals surface area contributed by atoms with Crippen molar-refractivity contribution in [3.63, 3.8) is 0 Å². The number of rotatable bonds is 3. The van der Waals surface area contributed by atoms with Crippen LogP contribution < -0.4 is 11.1 Å². The first-order valence-corrected chi connectivity index (χ1v) is 2.79. The van der Waals surface area contributed by atoms with Crippen LogP contribution in [0.5, 0.6) is 0 Å². The summed E-state index contributed by atoms with van der Waals surface area (Å²) in [7, 11) is 0. The molecule has 11 heavy (non-hydrogen) atoms. The molecule has 0 saturated carbocycles. The zero-order chi connectivity index (χ0) is 8.27. The molecule has 1 aromatic rings. The summed E-state index contributed by atoms with van der Waals surface area (Å²) >= 11 is 0. The number of imidazole rings is 1. The van der Waals surface area contributed by atoms with Crippen molar-refractivity contribution in [2.75, 3.05) is 5.32 Å². The zero-order valence-electron chi connectivity index (χ0n) is 5.50. The van der Waals surface area contributed by atoms with Gasteiger partial charge in [-0.15, -0.1) is 0 Å². The molecule has 1 rings (SSSR count). The number of carbonyl (C=O) groups excluding carboxylic acids is 2. The van der Waals surface area contributed by atoms with Gasteiger partial charge in [-0.2, -0.15) is 0 Å². The van der Waals surface area contributed by atoms with Gasteiger partial charge in [-0.05, 0) is 0 Å². The molecule has 1 heterocycles. The molecule has 0 spiro atoms. The number of hydrogen-bond acceptors (Lipinski definition) is 3. The van der Waals surface area contributed by atoms with Crippen LogP contribution in [0.3, 0.4) is 0 Å². The van der Waals surface area contributed by atoms with Crippen molar-refractivity contribution in [3.8, 4) is 0 Å². The number of aromatic nitrogens is 2. The third-order valence-corrected chi connectivity index (χ3v) is 1.08. The molecule has 0 atom stereocenters. The van der Waals surface area contributed by atoms with Gasteiger partial charge >= 0.3 is 0 Å². The number of aromatic amines is 1. The summed E-state index contributed by atoms with van der Waals surface area (Å²) in [5.41, 5.74) is 5.02. The topological polar surface area (TPSA) is 101 Å². The van der Waals surface area contributed by atoms with E-state index in [-0.39, 0.29) is 11.5 Å². The van der Waals surface area contributed by atoms with Crippen molar-refractivity contribution in [3.05, 3.63) is 12.0 Å². The second kappa shape index (κ2) is 2.82. The van der Waals surface area contributed by atoms with Gasteiger partial charge in [0, 0.05) is 0 Å². The van der Waals surface area contributed by atoms with Crippen LogP contribution in [0.2, 0.25) is 0 Å². The van der Waals surface area contributed by atoms with Crippen molar-refractivity contribution in [1.82, 2.24) is 9.97 Å². The second-order valence-electron chi connectivity index (χ2n) is 1.75. The second-order valence-corrected chi connectivity index (χ2v) is 1.75. The third-order valence-electron chi connectivity index (χ3n) is 1.08. The van der Waals surface area contributed by atoms with E-state index in [1.807, 2.05) is 0 Å². The number of hydrogen-bond donors (Lipinski definition) is 3. The Hall–Kier alpha value is -1.85. The number of nitrogens with one attached hydrogen (secondary N) is 2. The fraction of sp³-hybridized carbons (Fsp3) is 0. The zero-order valence-corrected chi connectivity index (χ0v) is 5.50. The van der Waals surface area contributed by atoms with E-state index in [1.54, 1.807) is 0 Å². The monoisotopic (exact) mass is 154 g/mol. The van der Waals surface area contributed by atoms with Crippen LogP contribution in [0.15, 0.2) is 6.33 Å². The normalized spacial score (nSPS) is 9.09. The number of anilines is 1. The molecule has 0 saturated heterocycles. The first-order chi connectivity index (χ1) is 5.25. The summed E-state index contributed by atoms with van der Waals surface area (Å²) in [6.07, 6.45) is 1.69. The van der Waals surface area contributed by atoms with E-state index >= 15 is 0 Å². The molecule has 0 aliphatic carbocycles. The molecule has 4 N–H and O–H groups in total. The van der Waals surface area contributed by atoms with Gasteiger partial charge in [0.2, 0.25) is 6.41 Å². The van der Waals surface area contributed by atoms with E-state index in [0.29, 0.717) is 6.41 Å². The van der Waals surface area contributed by atoms with Crippen LogP contribution in [0.4, 0.5) is 5.82 Å². The maximum atomic E-state index is 10.6. The van der Waals surface area contributed by atoms with Gasteiger partial charge in [0.25, 0.3) is 5.91 Å². The molecule has 0 aromatic carbocycles. The Labute approximate surface area is 61.8 Å². The van der Waals surface area contributed by atoms with Crippen LogP contribution in [-0.4, -0.2) is 22.3 Å². The summed E-state index contributed by atoms with van der Waals surface area (Å²) in [5, 5.41) is 2.21. The number of nitrogens with two attached hydrogens (primary N) is 1. The minimum absolute atomic E-state index is 0.0945. The van der Waals surface area contributed by atoms with Gasteiger partial charge < -0.3 is 16.0 Å². The van der Waals surface area contributed by atoms with Crippen LogP contribution >= 0.6 is 0 Å². The van der Waals surface area contributed by atoms with Crippen molar-refractivity contribution in [2.45, 2.75) is 0 Å².